The van der Waals surface area contributed by atoms with Gasteiger partial charge in [-0.25, -0.2) is 26.3 Å². The summed E-state index contributed by atoms with van der Waals surface area (Å²) in [6.45, 7) is 7.10. The maximum absolute atomic E-state index is 15.9. The zero-order chi connectivity index (χ0) is 54.1. The Hall–Kier alpha value is -5.44. The summed E-state index contributed by atoms with van der Waals surface area (Å²) in [4.78, 5) is 63.0. The van der Waals surface area contributed by atoms with Crippen LogP contribution in [0.15, 0.2) is 74.0 Å². The van der Waals surface area contributed by atoms with Crippen LogP contribution < -0.4 is 27.1 Å². The average Bonchev–Trinajstić information content (AvgIpc) is 3.84. The van der Waals surface area contributed by atoms with E-state index >= 15 is 8.78 Å². The summed E-state index contributed by atoms with van der Waals surface area (Å²) in [5.74, 6) is -6.73. The van der Waals surface area contributed by atoms with E-state index in [9.17, 15) is 36.7 Å². The van der Waals surface area contributed by atoms with E-state index in [1.54, 1.807) is 38.3 Å². The van der Waals surface area contributed by atoms with Crippen LogP contribution in [0.4, 0.5) is 26.3 Å². The minimum absolute atomic E-state index is 0.0385. The Bertz CT molecular complexity index is 3330. The molecule has 4 aliphatic carbocycles. The van der Waals surface area contributed by atoms with Crippen LogP contribution in [0.5, 0.6) is 0 Å². The van der Waals surface area contributed by atoms with Crippen LogP contribution in [0, 0.1) is 25.7 Å². The van der Waals surface area contributed by atoms with Crippen LogP contribution in [0.2, 0.25) is 0 Å². The number of nitrogens with zero attached hydrogens (tertiary/aromatic N) is 2. The molecule has 2 aromatic carbocycles. The molecule has 4 heterocycles. The number of carbonyl (C=O) groups is 2. The van der Waals surface area contributed by atoms with Gasteiger partial charge in [0.15, 0.2) is 0 Å². The van der Waals surface area contributed by atoms with Gasteiger partial charge in [-0.2, -0.15) is 0 Å². The average molecular weight is 1090 g/mol. The lowest BCUT2D eigenvalue weighted by Gasteiger charge is -2.45. The fraction of sp³-hybridized carbons (Fsp3) is 0.500. The first kappa shape index (κ1) is 53.9. The molecule has 5 N–H and O–H groups in total. The Morgan fingerprint density at radius 3 is 1.80 bits per heavy atom. The van der Waals surface area contributed by atoms with E-state index in [0.717, 1.165) is 5.52 Å². The number of aromatic amines is 2. The molecule has 0 unspecified atom stereocenters. The molecule has 12 nitrogen and oxygen atoms in total. The fourth-order valence-corrected chi connectivity index (χ4v) is 13.6. The molecule has 406 valence electrons. The van der Waals surface area contributed by atoms with Gasteiger partial charge in [-0.05, 0) is 114 Å². The van der Waals surface area contributed by atoms with Crippen molar-refractivity contribution < 1.29 is 40.7 Å². The summed E-state index contributed by atoms with van der Waals surface area (Å²) >= 11 is 2.71. The molecule has 4 aliphatic rings. The smallest absolute Gasteiger partial charge is 0.279 e. The second-order valence-corrected chi connectivity index (χ2v) is 23.3. The number of amides is 2. The summed E-state index contributed by atoms with van der Waals surface area (Å²) in [5, 5.41) is 10.0. The van der Waals surface area contributed by atoms with Crippen molar-refractivity contribution in [2.75, 3.05) is 12.5 Å². The van der Waals surface area contributed by atoms with Gasteiger partial charge < -0.3 is 39.8 Å². The van der Waals surface area contributed by atoms with Crippen LogP contribution >= 0.6 is 23.5 Å². The number of benzene rings is 2. The third-order valence-corrected chi connectivity index (χ3v) is 18.0. The van der Waals surface area contributed by atoms with Crippen LogP contribution in [0.3, 0.4) is 0 Å². The predicted octanol–water partition coefficient (Wildman–Crippen LogP) is 11.3. The lowest BCUT2D eigenvalue weighted by Crippen LogP contribution is -2.55. The Morgan fingerprint density at radius 1 is 0.697 bits per heavy atom. The Kier molecular flexibility index (Phi) is 15.0. The summed E-state index contributed by atoms with van der Waals surface area (Å²) in [6, 6.07) is 15.3. The number of hydrogen-bond donors (Lipinski definition) is 5. The van der Waals surface area contributed by atoms with Crippen molar-refractivity contribution >= 4 is 57.1 Å². The normalized spacial score (nSPS) is 22.0. The number of fused-ring (bicyclic) bond motifs is 2. The number of nitrogens with one attached hydrogen (secondary N) is 5. The number of halogens is 6. The van der Waals surface area contributed by atoms with Gasteiger partial charge in [-0.3, -0.25) is 19.2 Å². The molecule has 2 atom stereocenters. The Morgan fingerprint density at radius 2 is 1.24 bits per heavy atom. The zero-order valence-electron chi connectivity index (χ0n) is 43.2. The van der Waals surface area contributed by atoms with E-state index in [1.165, 1.54) is 28.1 Å². The summed E-state index contributed by atoms with van der Waals surface area (Å²) in [6.07, 6.45) is 1.21. The van der Waals surface area contributed by atoms with Crippen molar-refractivity contribution in [2.24, 2.45) is 11.8 Å². The number of aromatic nitrogens is 4. The van der Waals surface area contributed by atoms with Gasteiger partial charge in [0, 0.05) is 129 Å². The van der Waals surface area contributed by atoms with Crippen LogP contribution in [0.25, 0.3) is 21.8 Å². The number of hydrogen-bond acceptors (Lipinski definition) is 8. The molecule has 0 spiro atoms. The van der Waals surface area contributed by atoms with Crippen molar-refractivity contribution in [3.05, 3.63) is 126 Å². The first-order valence-corrected chi connectivity index (χ1v) is 28.4. The van der Waals surface area contributed by atoms with Crippen LogP contribution in [0.1, 0.15) is 144 Å². The van der Waals surface area contributed by atoms with E-state index in [0.29, 0.717) is 80.1 Å². The number of ether oxygens (including phenoxy) is 1. The maximum Gasteiger partial charge on any atom is 0.279 e. The van der Waals surface area contributed by atoms with E-state index in [1.807, 2.05) is 49.6 Å². The summed E-state index contributed by atoms with van der Waals surface area (Å²) < 4.78 is 96.5. The predicted molar refractivity (Wildman–Crippen MR) is 284 cm³/mol. The lowest BCUT2D eigenvalue weighted by molar-refractivity contribution is -0.200. The van der Waals surface area contributed by atoms with Crippen molar-refractivity contribution in [2.45, 2.75) is 163 Å². The van der Waals surface area contributed by atoms with Gasteiger partial charge in [0.2, 0.25) is 0 Å². The topological polar surface area (TPSA) is 155 Å². The lowest BCUT2D eigenvalue weighted by atomic mass is 9.74. The monoisotopic (exact) mass is 1090 g/mol. The van der Waals surface area contributed by atoms with Crippen molar-refractivity contribution in [1.29, 1.82) is 0 Å². The highest BCUT2D eigenvalue weighted by molar-refractivity contribution is 7.98. The number of alkyl halides is 6. The van der Waals surface area contributed by atoms with Gasteiger partial charge in [0.1, 0.15) is 0 Å². The molecule has 0 aliphatic heterocycles. The number of aryl methyl sites for hydroxylation is 2. The van der Waals surface area contributed by atoms with Crippen LogP contribution in [-0.2, 0) is 24.2 Å². The molecule has 4 saturated carbocycles. The zero-order valence-corrected chi connectivity index (χ0v) is 44.8. The molecule has 76 heavy (non-hydrogen) atoms. The second-order valence-electron chi connectivity index (χ2n) is 21.6. The standard InChI is InChI=1S/C56H63F6N7O5S2/c1-27-13-45(75-5)40(51(70)65-27)25-63-53(72)47-38-9-7-8-10-42(38)68(29(3)33-19-36(20-33)74-37-23-56(61,62)24-37)44(47)16-31-11-12-43-39(15-31)48(54(73)64-26-41-46(76-6)14-28(2)66-52(41)71)49(50(57)58)69(43)30(4)32-17-34(18-32)67-35-21-55(59,60)22-35/h7-15,29-30,32-37,50,67H,16-26H2,1-6H3,(H,63,72)(H,64,73)(H,65,70)(H,66,71)/t29-,30-,32?,33?,34?,36?/m1/s1. The molecule has 4 fully saturated rings. The minimum atomic E-state index is -3.11. The van der Waals surface area contributed by atoms with Gasteiger partial charge in [0.05, 0.1) is 29.0 Å². The number of rotatable bonds is 19. The van der Waals surface area contributed by atoms with Crippen molar-refractivity contribution in [3.8, 4) is 0 Å². The molecule has 20 heteroatoms. The fourth-order valence-electron chi connectivity index (χ4n) is 12.2. The molecule has 2 amide bonds. The first-order valence-electron chi connectivity index (χ1n) is 26.0. The highest BCUT2D eigenvalue weighted by atomic mass is 32.2. The molecule has 4 aromatic heterocycles. The highest BCUT2D eigenvalue weighted by Crippen LogP contribution is 2.48. The summed E-state index contributed by atoms with van der Waals surface area (Å²) in [7, 11) is 0. The largest absolute Gasteiger partial charge is 0.375 e. The van der Waals surface area contributed by atoms with Gasteiger partial charge in [-0.15, -0.1) is 23.5 Å². The van der Waals surface area contributed by atoms with E-state index < -0.39 is 53.5 Å². The van der Waals surface area contributed by atoms with E-state index in [-0.39, 0.29) is 103 Å². The van der Waals surface area contributed by atoms with Gasteiger partial charge >= 0.3 is 0 Å². The van der Waals surface area contributed by atoms with Crippen molar-refractivity contribution in [3.63, 3.8) is 0 Å². The molecule has 10 rings (SSSR count). The van der Waals surface area contributed by atoms with Crippen LogP contribution in [-0.4, -0.2) is 79.6 Å². The highest BCUT2D eigenvalue weighted by Gasteiger charge is 2.49. The van der Waals surface area contributed by atoms with Gasteiger partial charge in [0.25, 0.3) is 41.2 Å². The number of carbonyl (C=O) groups excluding carboxylic acids is 2. The molecule has 0 radical (unpaired) electrons. The number of thioether (sulfide) groups is 2. The minimum Gasteiger partial charge on any atom is -0.375 e. The molecule has 6 aromatic rings. The number of para-hydroxylation sites is 1. The number of H-pyrrole nitrogens is 2. The molecular weight excluding hydrogens is 1030 g/mol. The molecule has 0 bridgehead atoms. The third kappa shape index (κ3) is 10.5. The van der Waals surface area contributed by atoms with E-state index in [2.05, 4.69) is 37.4 Å². The maximum atomic E-state index is 15.9. The quantitative estimate of drug-likeness (QED) is 0.0397. The Balaban J connectivity index is 1.04. The third-order valence-electron chi connectivity index (χ3n) is 16.4. The number of pyridine rings is 2. The molecule has 0 saturated heterocycles. The Labute approximate surface area is 444 Å². The second kappa shape index (κ2) is 21.1. The summed E-state index contributed by atoms with van der Waals surface area (Å²) in [5.41, 5.74) is 3.20. The SMILES string of the molecule is CSc1cc(C)[nH]c(=O)c1CNC(=O)c1c(Cc2ccc3c(c2)c(C(=O)NCc2c(SC)cc(C)[nH]c2=O)c(C(F)F)n3[C@H](C)C2CC(NC3CC(F)(F)C3)C2)n([C@H](C)C2CC(OC3CC(F)(F)C3)C2)c2ccccc12. The van der Waals surface area contributed by atoms with Gasteiger partial charge in [-0.1, -0.05) is 24.3 Å². The van der Waals surface area contributed by atoms with E-state index in [4.69, 9.17) is 4.74 Å². The van der Waals surface area contributed by atoms with Crippen molar-refractivity contribution in [1.82, 2.24) is 35.1 Å². The molecular formula is C56H63F6N7O5S2. The first-order chi connectivity index (χ1) is 36.1.